The van der Waals surface area contributed by atoms with E-state index in [1.54, 1.807) is 0 Å². The van der Waals surface area contributed by atoms with Gasteiger partial charge in [0, 0.05) is 0 Å². The molecule has 1 aromatic carbocycles. The molecule has 2 fully saturated rings. The average molecular weight is 244 g/mol. The molecular weight excluding hydrogens is 220 g/mol. The molecule has 3 atom stereocenters. The molecule has 1 heteroatoms. The fourth-order valence-corrected chi connectivity index (χ4v) is 3.44. The maximum absolute atomic E-state index is 10.2. The van der Waals surface area contributed by atoms with E-state index in [0.29, 0.717) is 11.8 Å². The zero-order chi connectivity index (χ0) is 12.4. The zero-order valence-electron chi connectivity index (χ0n) is 11.1. The Kier molecular flexibility index (Phi) is 3.69. The van der Waals surface area contributed by atoms with E-state index in [2.05, 4.69) is 30.3 Å². The molecule has 0 spiro atoms. The normalized spacial score (nSPS) is 32.4. The molecule has 0 aromatic heterocycles. The van der Waals surface area contributed by atoms with Gasteiger partial charge in [-0.3, -0.25) is 0 Å². The smallest absolute Gasteiger partial charge is 0.0568 e. The number of hydrogen-bond donors (Lipinski definition) is 1. The lowest BCUT2D eigenvalue weighted by molar-refractivity contribution is 0.0555. The van der Waals surface area contributed by atoms with Crippen molar-refractivity contribution in [2.24, 2.45) is 11.8 Å². The van der Waals surface area contributed by atoms with E-state index >= 15 is 0 Å². The topological polar surface area (TPSA) is 20.2 Å². The minimum absolute atomic E-state index is 0.0382. The first-order valence-corrected chi connectivity index (χ1v) is 7.56. The van der Waals surface area contributed by atoms with Gasteiger partial charge >= 0.3 is 0 Å². The molecular formula is C17H24O. The summed E-state index contributed by atoms with van der Waals surface area (Å²) in [5, 5.41) is 10.2. The molecule has 2 aliphatic carbocycles. The number of aliphatic hydroxyl groups is 1. The Morgan fingerprint density at radius 3 is 2.44 bits per heavy atom. The van der Waals surface area contributed by atoms with Crippen molar-refractivity contribution in [2.75, 3.05) is 0 Å². The molecule has 2 saturated carbocycles. The lowest BCUT2D eigenvalue weighted by Gasteiger charge is -2.33. The van der Waals surface area contributed by atoms with Gasteiger partial charge in [0.1, 0.15) is 0 Å². The molecule has 1 aromatic rings. The summed E-state index contributed by atoms with van der Waals surface area (Å²) in [6.45, 7) is 0. The minimum atomic E-state index is -0.0382. The highest BCUT2D eigenvalue weighted by Crippen LogP contribution is 2.41. The summed E-state index contributed by atoms with van der Waals surface area (Å²) in [7, 11) is 0. The van der Waals surface area contributed by atoms with Crippen LogP contribution in [0.5, 0.6) is 0 Å². The van der Waals surface area contributed by atoms with Crippen LogP contribution in [0.3, 0.4) is 0 Å². The average Bonchev–Trinajstić information content (AvgIpc) is 3.23. The van der Waals surface area contributed by atoms with Crippen molar-refractivity contribution in [3.05, 3.63) is 35.9 Å². The van der Waals surface area contributed by atoms with Crippen molar-refractivity contribution in [3.8, 4) is 0 Å². The Labute approximate surface area is 110 Å². The van der Waals surface area contributed by atoms with Gasteiger partial charge in [-0.25, -0.2) is 0 Å². The van der Waals surface area contributed by atoms with E-state index < -0.39 is 0 Å². The molecule has 1 nitrogen and oxygen atoms in total. The first-order chi connectivity index (χ1) is 8.83. The molecule has 2 aliphatic rings. The van der Waals surface area contributed by atoms with Crippen molar-refractivity contribution in [1.82, 2.24) is 0 Å². The van der Waals surface area contributed by atoms with Crippen LogP contribution in [0.2, 0.25) is 0 Å². The highest BCUT2D eigenvalue weighted by atomic mass is 16.3. The van der Waals surface area contributed by atoms with Crippen LogP contribution in [0.25, 0.3) is 0 Å². The van der Waals surface area contributed by atoms with Crippen LogP contribution < -0.4 is 0 Å². The van der Waals surface area contributed by atoms with Gasteiger partial charge in [-0.15, -0.1) is 0 Å². The lowest BCUT2D eigenvalue weighted by Crippen LogP contribution is -2.28. The molecule has 3 rings (SSSR count). The number of rotatable bonds is 4. The van der Waals surface area contributed by atoms with E-state index in [1.165, 1.54) is 37.7 Å². The van der Waals surface area contributed by atoms with Crippen molar-refractivity contribution < 1.29 is 5.11 Å². The summed E-state index contributed by atoms with van der Waals surface area (Å²) in [5.74, 6) is 2.22. The third-order valence-electron chi connectivity index (χ3n) is 4.86. The third kappa shape index (κ3) is 2.95. The number of benzene rings is 1. The Morgan fingerprint density at radius 2 is 1.72 bits per heavy atom. The highest BCUT2D eigenvalue weighted by molar-refractivity contribution is 5.20. The fraction of sp³-hybridized carbons (Fsp3) is 0.647. The van der Waals surface area contributed by atoms with Gasteiger partial charge in [0.25, 0.3) is 0 Å². The largest absolute Gasteiger partial charge is 0.393 e. The summed E-state index contributed by atoms with van der Waals surface area (Å²) < 4.78 is 0. The van der Waals surface area contributed by atoms with Gasteiger partial charge in [0.2, 0.25) is 0 Å². The molecule has 98 valence electrons. The summed E-state index contributed by atoms with van der Waals surface area (Å²) >= 11 is 0. The van der Waals surface area contributed by atoms with Gasteiger partial charge in [-0.2, -0.15) is 0 Å². The standard InChI is InChI=1S/C17H24O/c18-17-11-10-15(14-4-2-1-3-5-14)12-16(17)9-8-13-6-7-13/h1-5,13,15-18H,6-12H2. The van der Waals surface area contributed by atoms with Gasteiger partial charge in [-0.1, -0.05) is 49.6 Å². The van der Waals surface area contributed by atoms with Crippen LogP contribution in [0.4, 0.5) is 0 Å². The molecule has 0 amide bonds. The Hall–Kier alpha value is -0.820. The van der Waals surface area contributed by atoms with Gasteiger partial charge < -0.3 is 5.11 Å². The van der Waals surface area contributed by atoms with Crippen molar-refractivity contribution in [1.29, 1.82) is 0 Å². The lowest BCUT2D eigenvalue weighted by atomic mass is 9.74. The Morgan fingerprint density at radius 1 is 0.944 bits per heavy atom. The number of hydrogen-bond acceptors (Lipinski definition) is 1. The predicted molar refractivity (Wildman–Crippen MR) is 74.5 cm³/mol. The maximum Gasteiger partial charge on any atom is 0.0568 e. The molecule has 0 aliphatic heterocycles. The molecule has 0 saturated heterocycles. The van der Waals surface area contributed by atoms with Crippen molar-refractivity contribution in [3.63, 3.8) is 0 Å². The van der Waals surface area contributed by atoms with Gasteiger partial charge in [0.15, 0.2) is 0 Å². The monoisotopic (exact) mass is 244 g/mol. The molecule has 0 bridgehead atoms. The maximum atomic E-state index is 10.2. The molecule has 0 heterocycles. The van der Waals surface area contributed by atoms with Gasteiger partial charge in [0.05, 0.1) is 6.10 Å². The van der Waals surface area contributed by atoms with Crippen molar-refractivity contribution in [2.45, 2.75) is 57.0 Å². The quantitative estimate of drug-likeness (QED) is 0.844. The van der Waals surface area contributed by atoms with Crippen molar-refractivity contribution >= 4 is 0 Å². The van der Waals surface area contributed by atoms with Gasteiger partial charge in [-0.05, 0) is 49.0 Å². The third-order valence-corrected chi connectivity index (χ3v) is 4.86. The predicted octanol–water partition coefficient (Wildman–Crippen LogP) is 4.12. The Balaban J connectivity index is 1.60. The van der Waals surface area contributed by atoms with E-state index in [9.17, 15) is 5.11 Å². The fourth-order valence-electron chi connectivity index (χ4n) is 3.44. The second kappa shape index (κ2) is 5.44. The van der Waals surface area contributed by atoms with E-state index in [1.807, 2.05) is 0 Å². The van der Waals surface area contributed by atoms with Crippen LogP contribution in [-0.4, -0.2) is 11.2 Å². The molecule has 1 N–H and O–H groups in total. The minimum Gasteiger partial charge on any atom is -0.393 e. The van der Waals surface area contributed by atoms with Crippen LogP contribution in [0.15, 0.2) is 30.3 Å². The van der Waals surface area contributed by atoms with Crippen LogP contribution in [0.1, 0.15) is 56.4 Å². The molecule has 0 radical (unpaired) electrons. The van der Waals surface area contributed by atoms with Crippen LogP contribution >= 0.6 is 0 Å². The second-order valence-electron chi connectivity index (χ2n) is 6.27. The van der Waals surface area contributed by atoms with E-state index in [0.717, 1.165) is 18.8 Å². The highest BCUT2D eigenvalue weighted by Gasteiger charge is 2.31. The molecule has 3 unspecified atom stereocenters. The summed E-state index contributed by atoms with van der Waals surface area (Å²) in [5.41, 5.74) is 1.47. The first kappa shape index (κ1) is 12.2. The summed E-state index contributed by atoms with van der Waals surface area (Å²) in [6.07, 6.45) is 8.77. The number of aliphatic hydroxyl groups excluding tert-OH is 1. The van der Waals surface area contributed by atoms with E-state index in [4.69, 9.17) is 0 Å². The first-order valence-electron chi connectivity index (χ1n) is 7.56. The van der Waals surface area contributed by atoms with Crippen LogP contribution in [0, 0.1) is 11.8 Å². The molecule has 18 heavy (non-hydrogen) atoms. The SMILES string of the molecule is OC1CCC(c2ccccc2)CC1CCC1CC1. The summed E-state index contributed by atoms with van der Waals surface area (Å²) in [4.78, 5) is 0. The van der Waals surface area contributed by atoms with E-state index in [-0.39, 0.29) is 6.10 Å². The van der Waals surface area contributed by atoms with Crippen LogP contribution in [-0.2, 0) is 0 Å². The summed E-state index contributed by atoms with van der Waals surface area (Å²) in [6, 6.07) is 10.9. The Bertz CT molecular complexity index is 368. The second-order valence-corrected chi connectivity index (χ2v) is 6.27. The zero-order valence-corrected chi connectivity index (χ0v) is 11.1.